The molecule has 6 heteroatoms. The summed E-state index contributed by atoms with van der Waals surface area (Å²) in [6, 6.07) is 7.84. The van der Waals surface area contributed by atoms with Crippen molar-refractivity contribution in [1.29, 1.82) is 0 Å². The first-order chi connectivity index (χ1) is 9.40. The van der Waals surface area contributed by atoms with Gasteiger partial charge in [0.25, 0.3) is 0 Å². The van der Waals surface area contributed by atoms with Crippen LogP contribution in [0.2, 0.25) is 0 Å². The highest BCUT2D eigenvalue weighted by Crippen LogP contribution is 2.06. The fourth-order valence-electron chi connectivity index (χ4n) is 1.72. The fraction of sp³-hybridized carbons (Fsp3) is 0.357. The lowest BCUT2D eigenvalue weighted by Gasteiger charge is -2.17. The molecule has 0 spiro atoms. The third-order valence-corrected chi connectivity index (χ3v) is 2.83. The minimum Gasteiger partial charge on any atom is -0.481 e. The second-order valence-corrected chi connectivity index (χ2v) is 4.59. The van der Waals surface area contributed by atoms with Crippen LogP contribution >= 0.6 is 0 Å². The van der Waals surface area contributed by atoms with E-state index in [0.29, 0.717) is 0 Å². The summed E-state index contributed by atoms with van der Waals surface area (Å²) in [6.07, 6.45) is -0.175. The highest BCUT2D eigenvalue weighted by atomic mass is 16.4. The molecule has 0 bridgehead atoms. The Kier molecular flexibility index (Phi) is 5.71. The molecule has 0 aliphatic carbocycles. The average molecular weight is 279 g/mol. The highest BCUT2D eigenvalue weighted by molar-refractivity contribution is 5.87. The summed E-state index contributed by atoms with van der Waals surface area (Å²) in [5.74, 6) is -3.59. The minimum absolute atomic E-state index is 0.154. The van der Waals surface area contributed by atoms with Gasteiger partial charge in [-0.25, -0.2) is 4.79 Å². The smallest absolute Gasteiger partial charge is 0.326 e. The van der Waals surface area contributed by atoms with Crippen LogP contribution in [0.3, 0.4) is 0 Å². The Morgan fingerprint density at radius 3 is 2.25 bits per heavy atom. The quantitative estimate of drug-likeness (QED) is 0.688. The predicted octanol–water partition coefficient (Wildman–Crippen LogP) is 0.909. The molecule has 3 N–H and O–H groups in total. The maximum atomic E-state index is 11.7. The molecule has 20 heavy (non-hydrogen) atoms. The van der Waals surface area contributed by atoms with Crippen molar-refractivity contribution in [1.82, 2.24) is 5.32 Å². The van der Waals surface area contributed by atoms with E-state index in [1.807, 2.05) is 6.07 Å². The monoisotopic (exact) mass is 279 g/mol. The first kappa shape index (κ1) is 15.7. The predicted molar refractivity (Wildman–Crippen MR) is 71.1 cm³/mol. The summed E-state index contributed by atoms with van der Waals surface area (Å²) in [5, 5.41) is 20.1. The van der Waals surface area contributed by atoms with Gasteiger partial charge in [0, 0.05) is 12.3 Å². The average Bonchev–Trinajstić information content (AvgIpc) is 2.38. The van der Waals surface area contributed by atoms with Gasteiger partial charge in [-0.05, 0) is 5.56 Å². The number of benzene rings is 1. The molecule has 1 aromatic rings. The first-order valence-electron chi connectivity index (χ1n) is 6.19. The summed E-state index contributed by atoms with van der Waals surface area (Å²) in [7, 11) is 0. The molecule has 1 amide bonds. The summed E-state index contributed by atoms with van der Waals surface area (Å²) < 4.78 is 0. The van der Waals surface area contributed by atoms with E-state index in [1.54, 1.807) is 24.3 Å². The van der Waals surface area contributed by atoms with Crippen LogP contribution in [0.1, 0.15) is 18.9 Å². The SMILES string of the molecule is CC(CC(=O)O)C(=O)N[C@@H](Cc1ccccc1)C(=O)O. The number of nitrogens with one attached hydrogen (secondary N) is 1. The first-order valence-corrected chi connectivity index (χ1v) is 6.19. The van der Waals surface area contributed by atoms with Crippen LogP contribution in [0.25, 0.3) is 0 Å². The van der Waals surface area contributed by atoms with Gasteiger partial charge >= 0.3 is 11.9 Å². The number of carboxylic acid groups (broad SMARTS) is 2. The molecule has 0 aromatic heterocycles. The van der Waals surface area contributed by atoms with E-state index in [2.05, 4.69) is 5.32 Å². The molecule has 1 unspecified atom stereocenters. The molecule has 1 aromatic carbocycles. The lowest BCUT2D eigenvalue weighted by atomic mass is 10.0. The van der Waals surface area contributed by atoms with Gasteiger partial charge < -0.3 is 15.5 Å². The zero-order chi connectivity index (χ0) is 15.1. The maximum absolute atomic E-state index is 11.7. The fourth-order valence-corrected chi connectivity index (χ4v) is 1.72. The van der Waals surface area contributed by atoms with Crippen molar-refractivity contribution in [3.8, 4) is 0 Å². The number of aliphatic carboxylic acids is 2. The zero-order valence-electron chi connectivity index (χ0n) is 11.1. The van der Waals surface area contributed by atoms with Gasteiger partial charge in [0.1, 0.15) is 6.04 Å². The molecule has 108 valence electrons. The number of rotatable bonds is 7. The van der Waals surface area contributed by atoms with Gasteiger partial charge in [0.2, 0.25) is 5.91 Å². The molecule has 1 rings (SSSR count). The number of hydrogen-bond acceptors (Lipinski definition) is 3. The van der Waals surface area contributed by atoms with Gasteiger partial charge in [0.15, 0.2) is 0 Å². The molecule has 6 nitrogen and oxygen atoms in total. The number of hydrogen-bond donors (Lipinski definition) is 3. The van der Waals surface area contributed by atoms with Gasteiger partial charge in [-0.2, -0.15) is 0 Å². The molecular formula is C14H17NO5. The summed E-state index contributed by atoms with van der Waals surface area (Å²) in [6.45, 7) is 1.45. The van der Waals surface area contributed by atoms with Crippen LogP contribution in [-0.2, 0) is 20.8 Å². The van der Waals surface area contributed by atoms with E-state index in [9.17, 15) is 14.4 Å². The summed E-state index contributed by atoms with van der Waals surface area (Å²) in [4.78, 5) is 33.4. The van der Waals surface area contributed by atoms with Gasteiger partial charge in [0.05, 0.1) is 6.42 Å². The van der Waals surface area contributed by atoms with Gasteiger partial charge in [-0.3, -0.25) is 9.59 Å². The number of carbonyl (C=O) groups excluding carboxylic acids is 1. The molecule has 0 heterocycles. The molecule has 0 aliphatic heterocycles. The van der Waals surface area contributed by atoms with Crippen molar-refractivity contribution in [2.24, 2.45) is 5.92 Å². The van der Waals surface area contributed by atoms with Crippen LogP contribution in [0, 0.1) is 5.92 Å². The van der Waals surface area contributed by atoms with Crippen LogP contribution in [-0.4, -0.2) is 34.1 Å². The Morgan fingerprint density at radius 1 is 1.15 bits per heavy atom. The van der Waals surface area contributed by atoms with E-state index in [0.717, 1.165) is 5.56 Å². The molecule has 0 aliphatic rings. The topological polar surface area (TPSA) is 104 Å². The van der Waals surface area contributed by atoms with Crippen LogP contribution in [0.15, 0.2) is 30.3 Å². The van der Waals surface area contributed by atoms with E-state index in [4.69, 9.17) is 10.2 Å². The number of amides is 1. The summed E-state index contributed by atoms with van der Waals surface area (Å²) >= 11 is 0. The normalized spacial score (nSPS) is 13.2. The lowest BCUT2D eigenvalue weighted by molar-refractivity contribution is -0.143. The van der Waals surface area contributed by atoms with Crippen molar-refractivity contribution in [2.45, 2.75) is 25.8 Å². The van der Waals surface area contributed by atoms with Crippen molar-refractivity contribution in [3.63, 3.8) is 0 Å². The zero-order valence-corrected chi connectivity index (χ0v) is 11.1. The Balaban J connectivity index is 2.66. The second kappa shape index (κ2) is 7.28. The molecule has 2 atom stereocenters. The largest absolute Gasteiger partial charge is 0.481 e. The second-order valence-electron chi connectivity index (χ2n) is 4.59. The van der Waals surface area contributed by atoms with Crippen LogP contribution < -0.4 is 5.32 Å². The standard InChI is InChI=1S/C14H17NO5/c1-9(7-12(16)17)13(18)15-11(14(19)20)8-10-5-3-2-4-6-10/h2-6,9,11H,7-8H2,1H3,(H,15,18)(H,16,17)(H,19,20)/t9?,11-/m0/s1. The van der Waals surface area contributed by atoms with Crippen LogP contribution in [0.5, 0.6) is 0 Å². The summed E-state index contributed by atoms with van der Waals surface area (Å²) in [5.41, 5.74) is 0.783. The molecule has 0 saturated carbocycles. The van der Waals surface area contributed by atoms with Crippen molar-refractivity contribution in [2.75, 3.05) is 0 Å². The number of carboxylic acids is 2. The van der Waals surface area contributed by atoms with E-state index >= 15 is 0 Å². The number of carbonyl (C=O) groups is 3. The third-order valence-electron chi connectivity index (χ3n) is 2.83. The van der Waals surface area contributed by atoms with Crippen LogP contribution in [0.4, 0.5) is 0 Å². The molecule has 0 fully saturated rings. The maximum Gasteiger partial charge on any atom is 0.326 e. The molecule has 0 radical (unpaired) electrons. The Hall–Kier alpha value is -2.37. The third kappa shape index (κ3) is 5.09. The van der Waals surface area contributed by atoms with E-state index in [1.165, 1.54) is 6.92 Å². The van der Waals surface area contributed by atoms with Crippen molar-refractivity contribution < 1.29 is 24.6 Å². The Bertz CT molecular complexity index is 486. The van der Waals surface area contributed by atoms with Crippen molar-refractivity contribution >= 4 is 17.8 Å². The molecule has 0 saturated heterocycles. The Labute approximate surface area is 116 Å². The van der Waals surface area contributed by atoms with E-state index in [-0.39, 0.29) is 12.8 Å². The lowest BCUT2D eigenvalue weighted by Crippen LogP contribution is -2.44. The minimum atomic E-state index is -1.15. The molecular weight excluding hydrogens is 262 g/mol. The Morgan fingerprint density at radius 2 is 1.75 bits per heavy atom. The van der Waals surface area contributed by atoms with E-state index < -0.39 is 29.8 Å². The van der Waals surface area contributed by atoms with Gasteiger partial charge in [-0.15, -0.1) is 0 Å². The van der Waals surface area contributed by atoms with Crippen molar-refractivity contribution in [3.05, 3.63) is 35.9 Å². The van der Waals surface area contributed by atoms with Gasteiger partial charge in [-0.1, -0.05) is 37.3 Å². The highest BCUT2D eigenvalue weighted by Gasteiger charge is 2.24.